The molecule has 0 atom stereocenters. The molecule has 6 heteroatoms. The van der Waals surface area contributed by atoms with Gasteiger partial charge in [-0.3, -0.25) is 0 Å². The summed E-state index contributed by atoms with van der Waals surface area (Å²) in [6.07, 6.45) is 3.52. The Hall–Kier alpha value is -1.86. The molecule has 0 spiro atoms. The van der Waals surface area contributed by atoms with Gasteiger partial charge in [0.25, 0.3) is 0 Å². The predicted octanol–water partition coefficient (Wildman–Crippen LogP) is 5.71. The Morgan fingerprint density at radius 1 is 1.35 bits per heavy atom. The van der Waals surface area contributed by atoms with Crippen LogP contribution in [0.2, 0.25) is 0 Å². The number of imidazole rings is 1. The summed E-state index contributed by atoms with van der Waals surface area (Å²) < 4.78 is 7.87. The predicted molar refractivity (Wildman–Crippen MR) is 122 cm³/mol. The van der Waals surface area contributed by atoms with Gasteiger partial charge in [-0.05, 0) is 88.0 Å². The third kappa shape index (κ3) is 4.10. The minimum absolute atomic E-state index is 0.406. The molecular weight excluding hydrogens is 552 g/mol. The van der Waals surface area contributed by atoms with E-state index in [4.69, 9.17) is 4.74 Å². The molecule has 0 aliphatic heterocycles. The molecule has 3 aromatic rings. The van der Waals surface area contributed by atoms with Crippen LogP contribution in [0.1, 0.15) is 17.0 Å². The van der Waals surface area contributed by atoms with Crippen LogP contribution < -0.4 is 4.74 Å². The summed E-state index contributed by atoms with van der Waals surface area (Å²) in [5, 5.41) is 9.69. The normalized spacial score (nSPS) is 11.4. The molecular formula is C20H15I2N3O. The van der Waals surface area contributed by atoms with Crippen molar-refractivity contribution in [1.82, 2.24) is 9.97 Å². The van der Waals surface area contributed by atoms with Crippen LogP contribution in [-0.2, 0) is 0 Å². The molecule has 26 heavy (non-hydrogen) atoms. The number of aromatic amines is 1. The second kappa shape index (κ2) is 8.22. The minimum Gasteiger partial charge on any atom is -0.488 e. The second-order valence-electron chi connectivity index (χ2n) is 5.68. The first-order valence-corrected chi connectivity index (χ1v) is 9.99. The average molecular weight is 567 g/mol. The average Bonchev–Trinajstić information content (AvgIpc) is 3.01. The molecule has 3 rings (SSSR count). The van der Waals surface area contributed by atoms with E-state index in [9.17, 15) is 5.26 Å². The van der Waals surface area contributed by atoms with Gasteiger partial charge in [0, 0.05) is 9.13 Å². The molecule has 2 aromatic carbocycles. The second-order valence-corrected chi connectivity index (χ2v) is 8.09. The fourth-order valence-corrected chi connectivity index (χ4v) is 4.59. The van der Waals surface area contributed by atoms with Crippen LogP contribution in [-0.4, -0.2) is 16.6 Å². The van der Waals surface area contributed by atoms with Gasteiger partial charge in [0.1, 0.15) is 24.3 Å². The number of aromatic nitrogens is 2. The van der Waals surface area contributed by atoms with E-state index in [1.165, 1.54) is 0 Å². The van der Waals surface area contributed by atoms with E-state index >= 15 is 0 Å². The zero-order valence-corrected chi connectivity index (χ0v) is 18.3. The number of halogens is 2. The Balaban J connectivity index is 2.11. The fraction of sp³-hybridized carbons (Fsp3) is 0.100. The first-order chi connectivity index (χ1) is 12.5. The molecule has 0 aliphatic rings. The Morgan fingerprint density at radius 2 is 2.15 bits per heavy atom. The quantitative estimate of drug-likeness (QED) is 0.244. The van der Waals surface area contributed by atoms with Gasteiger partial charge in [-0.25, -0.2) is 4.98 Å². The van der Waals surface area contributed by atoms with Crippen molar-refractivity contribution in [3.05, 3.63) is 67.1 Å². The summed E-state index contributed by atoms with van der Waals surface area (Å²) in [7, 11) is 0. The van der Waals surface area contributed by atoms with E-state index in [-0.39, 0.29) is 0 Å². The number of allylic oxidation sites excluding steroid dienone is 1. The maximum atomic E-state index is 9.69. The summed E-state index contributed by atoms with van der Waals surface area (Å²) in [6, 6.07) is 12.3. The number of aryl methyl sites for hydroxylation is 1. The monoisotopic (exact) mass is 567 g/mol. The number of rotatable bonds is 5. The van der Waals surface area contributed by atoms with Crippen molar-refractivity contribution in [1.29, 1.82) is 5.26 Å². The van der Waals surface area contributed by atoms with Crippen molar-refractivity contribution in [3.8, 4) is 11.8 Å². The van der Waals surface area contributed by atoms with Gasteiger partial charge in [-0.1, -0.05) is 18.7 Å². The van der Waals surface area contributed by atoms with Gasteiger partial charge in [-0.2, -0.15) is 5.26 Å². The largest absolute Gasteiger partial charge is 0.488 e. The van der Waals surface area contributed by atoms with Gasteiger partial charge in [-0.15, -0.1) is 0 Å². The summed E-state index contributed by atoms with van der Waals surface area (Å²) in [6.45, 7) is 6.13. The van der Waals surface area contributed by atoms with Gasteiger partial charge < -0.3 is 9.72 Å². The summed E-state index contributed by atoms with van der Waals surface area (Å²) >= 11 is 4.50. The molecule has 0 fully saturated rings. The summed E-state index contributed by atoms with van der Waals surface area (Å²) in [4.78, 5) is 7.79. The summed E-state index contributed by atoms with van der Waals surface area (Å²) in [5.74, 6) is 1.29. The Bertz CT molecular complexity index is 1060. The lowest BCUT2D eigenvalue weighted by atomic mass is 10.1. The number of hydrogen-bond acceptors (Lipinski definition) is 3. The smallest absolute Gasteiger partial charge is 0.149 e. The standard InChI is InChI=1S/C20H15I2N3O/c1-3-6-26-19-13(9-15(21)10-16(19)22)8-14(11-23)20-24-17-5-4-12(2)7-18(17)25-20/h3-5,7-10H,1,6H2,2H3,(H,24,25)/b14-8-. The summed E-state index contributed by atoms with van der Waals surface area (Å²) in [5.41, 5.74) is 4.20. The highest BCUT2D eigenvalue weighted by Crippen LogP contribution is 2.31. The van der Waals surface area contributed by atoms with Crippen LogP contribution in [0.4, 0.5) is 0 Å². The minimum atomic E-state index is 0.406. The van der Waals surface area contributed by atoms with Gasteiger partial charge in [0.2, 0.25) is 0 Å². The van der Waals surface area contributed by atoms with Crippen LogP contribution in [0.25, 0.3) is 22.7 Å². The topological polar surface area (TPSA) is 61.7 Å². The van der Waals surface area contributed by atoms with Crippen LogP contribution in [0.15, 0.2) is 43.0 Å². The van der Waals surface area contributed by atoms with E-state index < -0.39 is 0 Å². The molecule has 4 nitrogen and oxygen atoms in total. The Labute approximate surface area is 179 Å². The van der Waals surface area contributed by atoms with Crippen LogP contribution in [0, 0.1) is 25.4 Å². The van der Waals surface area contributed by atoms with Crippen molar-refractivity contribution in [2.45, 2.75) is 6.92 Å². The maximum Gasteiger partial charge on any atom is 0.149 e. The third-order valence-corrected chi connectivity index (χ3v) is 5.12. The van der Waals surface area contributed by atoms with Crippen molar-refractivity contribution >= 4 is 67.9 Å². The molecule has 0 aliphatic carbocycles. The van der Waals surface area contributed by atoms with Gasteiger partial charge in [0.05, 0.1) is 20.2 Å². The van der Waals surface area contributed by atoms with E-state index in [1.54, 1.807) is 6.08 Å². The van der Waals surface area contributed by atoms with Crippen molar-refractivity contribution in [3.63, 3.8) is 0 Å². The van der Waals surface area contributed by atoms with E-state index in [0.717, 1.165) is 35.1 Å². The molecule has 0 unspecified atom stereocenters. The molecule has 130 valence electrons. The Morgan fingerprint density at radius 3 is 2.88 bits per heavy atom. The first-order valence-electron chi connectivity index (χ1n) is 7.83. The number of nitrogens with zero attached hydrogens (tertiary/aromatic N) is 2. The Kier molecular flexibility index (Phi) is 5.98. The molecule has 0 bridgehead atoms. The third-order valence-electron chi connectivity index (χ3n) is 3.70. The highest BCUT2D eigenvalue weighted by atomic mass is 127. The molecule has 1 N–H and O–H groups in total. The van der Waals surface area contributed by atoms with Crippen LogP contribution in [0.3, 0.4) is 0 Å². The maximum absolute atomic E-state index is 9.69. The molecule has 0 radical (unpaired) electrons. The highest BCUT2D eigenvalue weighted by Gasteiger charge is 2.13. The van der Waals surface area contributed by atoms with E-state index in [0.29, 0.717) is 18.0 Å². The van der Waals surface area contributed by atoms with Gasteiger partial charge >= 0.3 is 0 Å². The molecule has 0 amide bonds. The number of hydrogen-bond donors (Lipinski definition) is 1. The van der Waals surface area contributed by atoms with Crippen LogP contribution >= 0.6 is 45.2 Å². The highest BCUT2D eigenvalue weighted by molar-refractivity contribution is 14.1. The molecule has 1 heterocycles. The fourth-order valence-electron chi connectivity index (χ4n) is 2.54. The molecule has 0 saturated carbocycles. The number of fused-ring (bicyclic) bond motifs is 1. The first kappa shape index (κ1) is 18.9. The SMILES string of the molecule is C=CCOc1c(I)cc(I)cc1/C=C(/C#N)c1nc2ccc(C)cc2[nH]1. The van der Waals surface area contributed by atoms with Crippen LogP contribution in [0.5, 0.6) is 5.75 Å². The zero-order chi connectivity index (χ0) is 18.7. The molecule has 0 saturated heterocycles. The zero-order valence-electron chi connectivity index (χ0n) is 14.0. The lowest BCUT2D eigenvalue weighted by molar-refractivity contribution is 0.360. The number of nitriles is 1. The number of nitrogens with one attached hydrogen (secondary N) is 1. The number of ether oxygens (including phenoxy) is 1. The van der Waals surface area contributed by atoms with E-state index in [2.05, 4.69) is 67.8 Å². The molecule has 1 aromatic heterocycles. The van der Waals surface area contributed by atoms with Crippen molar-refractivity contribution in [2.24, 2.45) is 0 Å². The van der Waals surface area contributed by atoms with E-state index in [1.807, 2.05) is 43.3 Å². The number of benzene rings is 2. The van der Waals surface area contributed by atoms with Crippen molar-refractivity contribution in [2.75, 3.05) is 6.61 Å². The van der Waals surface area contributed by atoms with Gasteiger partial charge in [0.15, 0.2) is 0 Å². The lowest BCUT2D eigenvalue weighted by Gasteiger charge is -2.11. The lowest BCUT2D eigenvalue weighted by Crippen LogP contribution is -1.99. The van der Waals surface area contributed by atoms with Crippen molar-refractivity contribution < 1.29 is 4.74 Å². The number of H-pyrrole nitrogens is 1.